The van der Waals surface area contributed by atoms with Crippen LogP contribution in [-0.4, -0.2) is 44.1 Å². The second kappa shape index (κ2) is 7.32. The summed E-state index contributed by atoms with van der Waals surface area (Å²) in [6.45, 7) is 5.08. The van der Waals surface area contributed by atoms with E-state index in [1.807, 2.05) is 0 Å². The van der Waals surface area contributed by atoms with Crippen LogP contribution in [0.1, 0.15) is 45.1 Å². The molecule has 3 aromatic rings. The number of ether oxygens (including phenoxy) is 1. The van der Waals surface area contributed by atoms with Gasteiger partial charge in [0.05, 0.1) is 18.4 Å². The standard InChI is InChI=1S/C18H18ClN5O3/c1-9-14(18(26)27-4)10(2)20-15(9)16(25)11(3)24-22-17(21-23-24)12-6-5-7-13(19)8-12/h5-8,11,20H,1-4H3/t11-/m1/s1. The van der Waals surface area contributed by atoms with Crippen LogP contribution in [0.5, 0.6) is 0 Å². The third-order valence-corrected chi connectivity index (χ3v) is 4.55. The van der Waals surface area contributed by atoms with Crippen LogP contribution in [0.25, 0.3) is 11.4 Å². The predicted octanol–water partition coefficient (Wildman–Crippen LogP) is 3.17. The number of aromatic nitrogens is 5. The van der Waals surface area contributed by atoms with Gasteiger partial charge in [0.2, 0.25) is 11.6 Å². The Morgan fingerprint density at radius 2 is 2.04 bits per heavy atom. The average molecular weight is 388 g/mol. The lowest BCUT2D eigenvalue weighted by Gasteiger charge is -2.08. The molecule has 140 valence electrons. The van der Waals surface area contributed by atoms with Crippen molar-refractivity contribution < 1.29 is 14.3 Å². The number of rotatable bonds is 5. The molecule has 2 heterocycles. The molecule has 0 amide bonds. The molecular weight excluding hydrogens is 370 g/mol. The fraction of sp³-hybridized carbons (Fsp3) is 0.278. The summed E-state index contributed by atoms with van der Waals surface area (Å²) in [5, 5.41) is 12.8. The summed E-state index contributed by atoms with van der Waals surface area (Å²) in [6, 6.07) is 6.34. The number of benzene rings is 1. The second-order valence-electron chi connectivity index (χ2n) is 6.10. The van der Waals surface area contributed by atoms with Crippen molar-refractivity contribution in [3.05, 3.63) is 51.8 Å². The fourth-order valence-electron chi connectivity index (χ4n) is 2.85. The van der Waals surface area contributed by atoms with Crippen LogP contribution in [0.2, 0.25) is 5.02 Å². The van der Waals surface area contributed by atoms with Crippen LogP contribution >= 0.6 is 11.6 Å². The van der Waals surface area contributed by atoms with Crippen molar-refractivity contribution in [2.24, 2.45) is 0 Å². The molecule has 0 radical (unpaired) electrons. The van der Waals surface area contributed by atoms with E-state index in [0.717, 1.165) is 0 Å². The van der Waals surface area contributed by atoms with E-state index < -0.39 is 12.0 Å². The van der Waals surface area contributed by atoms with E-state index in [4.69, 9.17) is 16.3 Å². The molecule has 0 aliphatic rings. The van der Waals surface area contributed by atoms with Gasteiger partial charge in [-0.25, -0.2) is 4.79 Å². The van der Waals surface area contributed by atoms with E-state index in [-0.39, 0.29) is 5.78 Å². The molecule has 0 unspecified atom stereocenters. The highest BCUT2D eigenvalue weighted by atomic mass is 35.5. The number of H-pyrrole nitrogens is 1. The summed E-state index contributed by atoms with van der Waals surface area (Å²) in [4.78, 5) is 29.0. The molecule has 1 atom stereocenters. The zero-order chi connectivity index (χ0) is 19.7. The van der Waals surface area contributed by atoms with E-state index in [1.165, 1.54) is 11.9 Å². The van der Waals surface area contributed by atoms with Crippen molar-refractivity contribution in [1.82, 2.24) is 25.2 Å². The first kappa shape index (κ1) is 18.8. The normalized spacial score (nSPS) is 12.0. The number of aromatic amines is 1. The molecule has 3 rings (SSSR count). The highest BCUT2D eigenvalue weighted by Gasteiger charge is 2.27. The maximum absolute atomic E-state index is 12.9. The Kier molecular flexibility index (Phi) is 5.09. The minimum Gasteiger partial charge on any atom is -0.465 e. The number of nitrogens with zero attached hydrogens (tertiary/aromatic N) is 4. The van der Waals surface area contributed by atoms with E-state index in [0.29, 0.717) is 38.9 Å². The number of hydrogen-bond donors (Lipinski definition) is 1. The Morgan fingerprint density at radius 1 is 1.30 bits per heavy atom. The van der Waals surface area contributed by atoms with Gasteiger partial charge in [-0.05, 0) is 43.7 Å². The molecule has 0 fully saturated rings. The maximum atomic E-state index is 12.9. The third kappa shape index (κ3) is 3.48. The van der Waals surface area contributed by atoms with Gasteiger partial charge in [0, 0.05) is 16.3 Å². The number of methoxy groups -OCH3 is 1. The Labute approximate surface area is 160 Å². The van der Waals surface area contributed by atoms with Gasteiger partial charge in [0.15, 0.2) is 0 Å². The number of ketones is 1. The fourth-order valence-corrected chi connectivity index (χ4v) is 3.04. The summed E-state index contributed by atoms with van der Waals surface area (Å²) in [7, 11) is 1.30. The van der Waals surface area contributed by atoms with Gasteiger partial charge >= 0.3 is 5.97 Å². The largest absolute Gasteiger partial charge is 0.465 e. The molecule has 0 spiro atoms. The molecule has 8 nitrogen and oxygen atoms in total. The summed E-state index contributed by atoms with van der Waals surface area (Å²) >= 11 is 5.99. The molecule has 1 aromatic carbocycles. The molecule has 0 aliphatic heterocycles. The Hall–Kier alpha value is -3.00. The highest BCUT2D eigenvalue weighted by Crippen LogP contribution is 2.23. The van der Waals surface area contributed by atoms with Gasteiger partial charge < -0.3 is 9.72 Å². The van der Waals surface area contributed by atoms with E-state index >= 15 is 0 Å². The monoisotopic (exact) mass is 387 g/mol. The molecule has 2 aromatic heterocycles. The minimum absolute atomic E-state index is 0.263. The average Bonchev–Trinajstić information content (AvgIpc) is 3.25. The van der Waals surface area contributed by atoms with Crippen LogP contribution in [0, 0.1) is 13.8 Å². The number of tetrazole rings is 1. The smallest absolute Gasteiger partial charge is 0.339 e. The summed E-state index contributed by atoms with van der Waals surface area (Å²) < 4.78 is 4.78. The van der Waals surface area contributed by atoms with Crippen LogP contribution in [0.3, 0.4) is 0 Å². The highest BCUT2D eigenvalue weighted by molar-refractivity contribution is 6.30. The van der Waals surface area contributed by atoms with E-state index in [9.17, 15) is 9.59 Å². The number of esters is 1. The van der Waals surface area contributed by atoms with Gasteiger partial charge in [-0.1, -0.05) is 23.7 Å². The molecule has 0 saturated carbocycles. The van der Waals surface area contributed by atoms with Gasteiger partial charge in [-0.15, -0.1) is 10.2 Å². The summed E-state index contributed by atoms with van der Waals surface area (Å²) in [5.74, 6) is -0.386. The number of nitrogens with one attached hydrogen (secondary N) is 1. The summed E-state index contributed by atoms with van der Waals surface area (Å²) in [5.41, 5.74) is 2.49. The van der Waals surface area contributed by atoms with Crippen molar-refractivity contribution in [2.45, 2.75) is 26.8 Å². The Balaban J connectivity index is 1.90. The predicted molar refractivity (Wildman–Crippen MR) is 98.9 cm³/mol. The van der Waals surface area contributed by atoms with Crippen molar-refractivity contribution in [1.29, 1.82) is 0 Å². The first-order valence-electron chi connectivity index (χ1n) is 8.20. The van der Waals surface area contributed by atoms with Crippen LogP contribution in [0.15, 0.2) is 24.3 Å². The second-order valence-corrected chi connectivity index (χ2v) is 6.54. The lowest BCUT2D eigenvalue weighted by molar-refractivity contribution is 0.0599. The molecule has 27 heavy (non-hydrogen) atoms. The SMILES string of the molecule is COC(=O)c1c(C)[nH]c(C(=O)[C@@H](C)n2nnc(-c3cccc(Cl)c3)n2)c1C. The van der Waals surface area contributed by atoms with Gasteiger partial charge in [-0.3, -0.25) is 4.79 Å². The third-order valence-electron chi connectivity index (χ3n) is 4.31. The summed E-state index contributed by atoms with van der Waals surface area (Å²) in [6.07, 6.45) is 0. The zero-order valence-electron chi connectivity index (χ0n) is 15.3. The van der Waals surface area contributed by atoms with Crippen LogP contribution < -0.4 is 0 Å². The van der Waals surface area contributed by atoms with Gasteiger partial charge in [-0.2, -0.15) is 4.80 Å². The quantitative estimate of drug-likeness (QED) is 0.532. The van der Waals surface area contributed by atoms with Gasteiger partial charge in [0.1, 0.15) is 6.04 Å². The molecule has 1 N–H and O–H groups in total. The Bertz CT molecular complexity index is 1020. The number of carbonyl (C=O) groups excluding carboxylic acids is 2. The lowest BCUT2D eigenvalue weighted by Crippen LogP contribution is -2.20. The molecule has 0 bridgehead atoms. The van der Waals surface area contributed by atoms with Crippen molar-refractivity contribution in [3.8, 4) is 11.4 Å². The number of carbonyl (C=O) groups is 2. The zero-order valence-corrected chi connectivity index (χ0v) is 16.0. The van der Waals surface area contributed by atoms with Crippen LogP contribution in [-0.2, 0) is 4.74 Å². The van der Waals surface area contributed by atoms with Gasteiger partial charge in [0.25, 0.3) is 0 Å². The van der Waals surface area contributed by atoms with Crippen molar-refractivity contribution in [3.63, 3.8) is 0 Å². The minimum atomic E-state index is -0.715. The number of Topliss-reactive ketones (excluding diaryl/α,β-unsaturated/α-hetero) is 1. The lowest BCUT2D eigenvalue weighted by atomic mass is 10.1. The molecule has 9 heteroatoms. The molecule has 0 saturated heterocycles. The van der Waals surface area contributed by atoms with Crippen molar-refractivity contribution in [2.75, 3.05) is 7.11 Å². The first-order chi connectivity index (χ1) is 12.8. The van der Waals surface area contributed by atoms with E-state index in [2.05, 4.69) is 20.4 Å². The van der Waals surface area contributed by atoms with Crippen LogP contribution in [0.4, 0.5) is 0 Å². The van der Waals surface area contributed by atoms with E-state index in [1.54, 1.807) is 45.0 Å². The topological polar surface area (TPSA) is 103 Å². The number of halogens is 1. The van der Waals surface area contributed by atoms with Crippen molar-refractivity contribution >= 4 is 23.4 Å². The molecule has 0 aliphatic carbocycles. The number of aryl methyl sites for hydroxylation is 1. The first-order valence-corrected chi connectivity index (χ1v) is 8.58. The maximum Gasteiger partial charge on any atom is 0.339 e. The molecular formula is C18H18ClN5O3. The Morgan fingerprint density at radius 3 is 2.70 bits per heavy atom. The number of hydrogen-bond acceptors (Lipinski definition) is 6.